The molecule has 7 heteroatoms. The van der Waals surface area contributed by atoms with E-state index in [2.05, 4.69) is 5.32 Å². The number of anilines is 1. The predicted molar refractivity (Wildman–Crippen MR) is 103 cm³/mol. The van der Waals surface area contributed by atoms with E-state index in [-0.39, 0.29) is 30.0 Å². The van der Waals surface area contributed by atoms with Gasteiger partial charge in [0.2, 0.25) is 11.8 Å². The van der Waals surface area contributed by atoms with Gasteiger partial charge in [-0.2, -0.15) is 0 Å². The Hall–Kier alpha value is -3.09. The fourth-order valence-corrected chi connectivity index (χ4v) is 3.13. The third-order valence-electron chi connectivity index (χ3n) is 4.64. The van der Waals surface area contributed by atoms with E-state index in [1.54, 1.807) is 35.2 Å². The van der Waals surface area contributed by atoms with Crippen molar-refractivity contribution in [3.63, 3.8) is 0 Å². The summed E-state index contributed by atoms with van der Waals surface area (Å²) in [5, 5.41) is 2.68. The zero-order valence-electron chi connectivity index (χ0n) is 16.1. The molecule has 28 heavy (non-hydrogen) atoms. The van der Waals surface area contributed by atoms with Gasteiger partial charge in [0.15, 0.2) is 23.1 Å². The van der Waals surface area contributed by atoms with Gasteiger partial charge in [0.1, 0.15) is 0 Å². The molecular formula is C21H23FN2O4. The number of likely N-dealkylation sites (tertiary alicyclic amines) is 1. The van der Waals surface area contributed by atoms with Crippen molar-refractivity contribution in [2.45, 2.75) is 26.3 Å². The van der Waals surface area contributed by atoms with Crippen molar-refractivity contribution in [1.29, 1.82) is 0 Å². The summed E-state index contributed by atoms with van der Waals surface area (Å²) in [5.41, 5.74) is 0.310. The number of nitrogens with one attached hydrogen (secondary N) is 1. The van der Waals surface area contributed by atoms with Crippen LogP contribution in [0.3, 0.4) is 0 Å². The summed E-state index contributed by atoms with van der Waals surface area (Å²) in [6.45, 7) is 4.20. The fourth-order valence-electron chi connectivity index (χ4n) is 3.13. The Labute approximate surface area is 163 Å². The molecule has 0 aromatic heterocycles. The van der Waals surface area contributed by atoms with E-state index < -0.39 is 11.7 Å². The number of hydrogen-bond acceptors (Lipinski definition) is 4. The van der Waals surface area contributed by atoms with E-state index in [9.17, 15) is 14.0 Å². The molecule has 1 heterocycles. The summed E-state index contributed by atoms with van der Waals surface area (Å²) in [7, 11) is 1.51. The first-order valence-electron chi connectivity index (χ1n) is 9.09. The molecular weight excluding hydrogens is 363 g/mol. The Balaban J connectivity index is 1.67. The Morgan fingerprint density at radius 1 is 1.18 bits per heavy atom. The quantitative estimate of drug-likeness (QED) is 0.820. The first kappa shape index (κ1) is 19.7. The van der Waals surface area contributed by atoms with Crippen LogP contribution in [0.5, 0.6) is 17.2 Å². The molecule has 1 N–H and O–H groups in total. The number of carbonyl (C=O) groups excluding carboxylic acids is 2. The molecule has 1 aliphatic rings. The summed E-state index contributed by atoms with van der Waals surface area (Å²) < 4.78 is 25.2. The van der Waals surface area contributed by atoms with Crippen LogP contribution in [0.1, 0.15) is 20.3 Å². The van der Waals surface area contributed by atoms with Crippen LogP contribution >= 0.6 is 0 Å². The summed E-state index contributed by atoms with van der Waals surface area (Å²) >= 11 is 0. The number of hydrogen-bond donors (Lipinski definition) is 1. The lowest BCUT2D eigenvalue weighted by molar-refractivity contribution is -0.129. The van der Waals surface area contributed by atoms with E-state index in [1.165, 1.54) is 19.2 Å². The van der Waals surface area contributed by atoms with Crippen LogP contribution in [0.4, 0.5) is 10.1 Å². The SMILES string of the molecule is COc1ccccc1Oc1ccc(NC(=O)C2CC(=O)N(C(C)C)C2)cc1F. The molecule has 2 amide bonds. The number of rotatable bonds is 6. The highest BCUT2D eigenvalue weighted by atomic mass is 19.1. The fraction of sp³-hybridized carbons (Fsp3) is 0.333. The van der Waals surface area contributed by atoms with Crippen molar-refractivity contribution in [3.8, 4) is 17.2 Å². The van der Waals surface area contributed by atoms with Gasteiger partial charge >= 0.3 is 0 Å². The van der Waals surface area contributed by atoms with Crippen LogP contribution in [0.25, 0.3) is 0 Å². The number of methoxy groups -OCH3 is 1. The van der Waals surface area contributed by atoms with Gasteiger partial charge in [-0.15, -0.1) is 0 Å². The lowest BCUT2D eigenvalue weighted by Crippen LogP contribution is -2.33. The Bertz CT molecular complexity index is 884. The molecule has 2 aromatic carbocycles. The highest BCUT2D eigenvalue weighted by Crippen LogP contribution is 2.33. The highest BCUT2D eigenvalue weighted by molar-refractivity contribution is 5.97. The second kappa shape index (κ2) is 8.29. The molecule has 0 bridgehead atoms. The average molecular weight is 386 g/mol. The summed E-state index contributed by atoms with van der Waals surface area (Å²) in [6.07, 6.45) is 0.168. The Kier molecular flexibility index (Phi) is 5.82. The second-order valence-electron chi connectivity index (χ2n) is 6.93. The number of nitrogens with zero attached hydrogens (tertiary/aromatic N) is 1. The van der Waals surface area contributed by atoms with E-state index in [0.29, 0.717) is 23.7 Å². The second-order valence-corrected chi connectivity index (χ2v) is 6.93. The van der Waals surface area contributed by atoms with E-state index >= 15 is 0 Å². The molecule has 0 aliphatic carbocycles. The van der Waals surface area contributed by atoms with Gasteiger partial charge in [0.05, 0.1) is 13.0 Å². The molecule has 1 unspecified atom stereocenters. The minimum Gasteiger partial charge on any atom is -0.493 e. The number of carbonyl (C=O) groups is 2. The normalized spacial score (nSPS) is 16.4. The third kappa shape index (κ3) is 4.24. The van der Waals surface area contributed by atoms with Crippen LogP contribution in [0.15, 0.2) is 42.5 Å². The largest absolute Gasteiger partial charge is 0.493 e. The smallest absolute Gasteiger partial charge is 0.229 e. The van der Waals surface area contributed by atoms with Crippen LogP contribution in [-0.4, -0.2) is 36.4 Å². The molecule has 1 saturated heterocycles. The molecule has 6 nitrogen and oxygen atoms in total. The number of para-hydroxylation sites is 2. The summed E-state index contributed by atoms with van der Waals surface area (Å²) in [5.74, 6) is -0.503. The van der Waals surface area contributed by atoms with Gasteiger partial charge in [-0.25, -0.2) is 4.39 Å². The van der Waals surface area contributed by atoms with Crippen molar-refractivity contribution in [2.24, 2.45) is 5.92 Å². The average Bonchev–Trinajstić information content (AvgIpc) is 3.06. The Morgan fingerprint density at radius 3 is 2.50 bits per heavy atom. The monoisotopic (exact) mass is 386 g/mol. The molecule has 2 aromatic rings. The van der Waals surface area contributed by atoms with Crippen LogP contribution in [0.2, 0.25) is 0 Å². The molecule has 148 valence electrons. The number of halogens is 1. The van der Waals surface area contributed by atoms with Crippen LogP contribution < -0.4 is 14.8 Å². The van der Waals surface area contributed by atoms with Crippen LogP contribution in [-0.2, 0) is 9.59 Å². The van der Waals surface area contributed by atoms with Crippen LogP contribution in [0, 0.1) is 11.7 Å². The number of ether oxygens (including phenoxy) is 2. The first-order chi connectivity index (χ1) is 13.4. The predicted octanol–water partition coefficient (Wildman–Crippen LogP) is 3.82. The first-order valence-corrected chi connectivity index (χ1v) is 9.09. The summed E-state index contributed by atoms with van der Waals surface area (Å²) in [4.78, 5) is 26.1. The van der Waals surface area contributed by atoms with Gasteiger partial charge in [-0.3, -0.25) is 9.59 Å². The molecule has 1 fully saturated rings. The topological polar surface area (TPSA) is 67.9 Å². The van der Waals surface area contributed by atoms with Gasteiger partial charge in [0, 0.05) is 30.8 Å². The van der Waals surface area contributed by atoms with E-state index in [1.807, 2.05) is 13.8 Å². The number of benzene rings is 2. The maximum absolute atomic E-state index is 14.4. The van der Waals surface area contributed by atoms with E-state index in [4.69, 9.17) is 9.47 Å². The van der Waals surface area contributed by atoms with Crippen molar-refractivity contribution in [3.05, 3.63) is 48.3 Å². The highest BCUT2D eigenvalue weighted by Gasteiger charge is 2.35. The molecule has 0 radical (unpaired) electrons. The zero-order chi connectivity index (χ0) is 20.3. The van der Waals surface area contributed by atoms with Crippen molar-refractivity contribution < 1.29 is 23.5 Å². The lowest BCUT2D eigenvalue weighted by atomic mass is 10.1. The lowest BCUT2D eigenvalue weighted by Gasteiger charge is -2.20. The van der Waals surface area contributed by atoms with Crippen molar-refractivity contribution >= 4 is 17.5 Å². The van der Waals surface area contributed by atoms with E-state index in [0.717, 1.165) is 0 Å². The van der Waals surface area contributed by atoms with Crippen molar-refractivity contribution in [2.75, 3.05) is 19.0 Å². The summed E-state index contributed by atoms with van der Waals surface area (Å²) in [6, 6.07) is 11.2. The molecule has 0 spiro atoms. The Morgan fingerprint density at radius 2 is 1.89 bits per heavy atom. The van der Waals surface area contributed by atoms with Crippen molar-refractivity contribution in [1.82, 2.24) is 4.90 Å². The molecule has 0 saturated carbocycles. The molecule has 3 rings (SSSR count). The van der Waals surface area contributed by atoms with Gasteiger partial charge in [0.25, 0.3) is 0 Å². The van der Waals surface area contributed by atoms with Gasteiger partial charge in [-0.05, 0) is 38.1 Å². The maximum Gasteiger partial charge on any atom is 0.229 e. The molecule has 1 atom stereocenters. The van der Waals surface area contributed by atoms with Gasteiger partial charge < -0.3 is 19.7 Å². The zero-order valence-corrected chi connectivity index (χ0v) is 16.1. The minimum atomic E-state index is -0.616. The van der Waals surface area contributed by atoms with Gasteiger partial charge in [-0.1, -0.05) is 12.1 Å². The third-order valence-corrected chi connectivity index (χ3v) is 4.64. The number of amides is 2. The standard InChI is InChI=1S/C21H23FN2O4/c1-13(2)24-12-14(10-20(24)25)21(26)23-15-8-9-17(16(22)11-15)28-19-7-5-4-6-18(19)27-3/h4-9,11,13-14H,10,12H2,1-3H3,(H,23,26). The maximum atomic E-state index is 14.4. The minimum absolute atomic E-state index is 0.0181. The molecule has 1 aliphatic heterocycles.